The fourth-order valence-electron chi connectivity index (χ4n) is 3.92. The highest BCUT2D eigenvalue weighted by Crippen LogP contribution is 2.38. The Bertz CT molecular complexity index is 659. The zero-order valence-electron chi connectivity index (χ0n) is 12.3. The van der Waals surface area contributed by atoms with Crippen molar-refractivity contribution in [2.24, 2.45) is 0 Å². The Labute approximate surface area is 125 Å². The smallest absolute Gasteiger partial charge is 0.138 e. The number of aromatic nitrogens is 2. The Morgan fingerprint density at radius 3 is 2.67 bits per heavy atom. The lowest BCUT2D eigenvalue weighted by Gasteiger charge is -2.15. The maximum absolute atomic E-state index is 6.06. The standard InChI is InChI=1S/C18H21N3/c19-17-11-16(13-6-1-2-7-13)20-18(21-17)15-10-9-12-5-3-4-8-14(12)15/h3-5,8,11,13,15H,1-2,6-7,9-10H2,(H2,19,20,21). The summed E-state index contributed by atoms with van der Waals surface area (Å²) in [4.78, 5) is 9.46. The summed E-state index contributed by atoms with van der Waals surface area (Å²) in [6.45, 7) is 0. The highest BCUT2D eigenvalue weighted by Gasteiger charge is 2.27. The number of nitrogen functional groups attached to an aromatic ring is 1. The lowest BCUT2D eigenvalue weighted by molar-refractivity contribution is 0.663. The van der Waals surface area contributed by atoms with Crippen molar-refractivity contribution in [1.82, 2.24) is 9.97 Å². The third-order valence-corrected chi connectivity index (χ3v) is 5.00. The Balaban J connectivity index is 1.72. The zero-order valence-corrected chi connectivity index (χ0v) is 12.3. The van der Waals surface area contributed by atoms with Crippen molar-refractivity contribution < 1.29 is 0 Å². The van der Waals surface area contributed by atoms with Crippen LogP contribution in [0.25, 0.3) is 0 Å². The maximum Gasteiger partial charge on any atom is 0.138 e. The fourth-order valence-corrected chi connectivity index (χ4v) is 3.92. The lowest BCUT2D eigenvalue weighted by atomic mass is 9.99. The van der Waals surface area contributed by atoms with Gasteiger partial charge in [0.2, 0.25) is 0 Å². The molecule has 1 heterocycles. The van der Waals surface area contributed by atoms with Crippen LogP contribution in [0.4, 0.5) is 5.82 Å². The van der Waals surface area contributed by atoms with Crippen LogP contribution in [0.5, 0.6) is 0 Å². The van der Waals surface area contributed by atoms with Gasteiger partial charge in [0, 0.05) is 23.6 Å². The number of nitrogens with zero attached hydrogens (tertiary/aromatic N) is 2. The summed E-state index contributed by atoms with van der Waals surface area (Å²) < 4.78 is 0. The van der Waals surface area contributed by atoms with E-state index in [9.17, 15) is 0 Å². The van der Waals surface area contributed by atoms with E-state index in [2.05, 4.69) is 29.2 Å². The summed E-state index contributed by atoms with van der Waals surface area (Å²) in [6.07, 6.45) is 7.35. The van der Waals surface area contributed by atoms with Crippen LogP contribution in [0.1, 0.15) is 66.6 Å². The second-order valence-corrected chi connectivity index (χ2v) is 6.35. The van der Waals surface area contributed by atoms with Gasteiger partial charge in [0.25, 0.3) is 0 Å². The van der Waals surface area contributed by atoms with Gasteiger partial charge in [0.15, 0.2) is 0 Å². The van der Waals surface area contributed by atoms with E-state index in [1.807, 2.05) is 6.07 Å². The zero-order chi connectivity index (χ0) is 14.2. The third-order valence-electron chi connectivity index (χ3n) is 5.00. The van der Waals surface area contributed by atoms with Crippen LogP contribution in [-0.4, -0.2) is 9.97 Å². The second kappa shape index (κ2) is 5.14. The van der Waals surface area contributed by atoms with Crippen molar-refractivity contribution in [2.45, 2.75) is 50.4 Å². The van der Waals surface area contributed by atoms with E-state index >= 15 is 0 Å². The van der Waals surface area contributed by atoms with E-state index in [-0.39, 0.29) is 0 Å². The van der Waals surface area contributed by atoms with Crippen LogP contribution in [0, 0.1) is 0 Å². The molecule has 1 saturated carbocycles. The predicted octanol–water partition coefficient (Wildman–Crippen LogP) is 3.79. The topological polar surface area (TPSA) is 51.8 Å². The number of nitrogens with two attached hydrogens (primary N) is 1. The average Bonchev–Trinajstić information content (AvgIpc) is 3.16. The summed E-state index contributed by atoms with van der Waals surface area (Å²) >= 11 is 0. The van der Waals surface area contributed by atoms with Gasteiger partial charge in [-0.15, -0.1) is 0 Å². The van der Waals surface area contributed by atoms with Crippen molar-refractivity contribution in [3.05, 3.63) is 53.0 Å². The third kappa shape index (κ3) is 2.31. The van der Waals surface area contributed by atoms with Crippen molar-refractivity contribution in [3.8, 4) is 0 Å². The SMILES string of the molecule is Nc1cc(C2CCCC2)nc(C2CCc3ccccc32)n1. The summed E-state index contributed by atoms with van der Waals surface area (Å²) in [5.41, 5.74) is 10.1. The van der Waals surface area contributed by atoms with Gasteiger partial charge in [-0.3, -0.25) is 0 Å². The van der Waals surface area contributed by atoms with Gasteiger partial charge in [-0.2, -0.15) is 0 Å². The van der Waals surface area contributed by atoms with Gasteiger partial charge in [0.05, 0.1) is 0 Å². The Morgan fingerprint density at radius 1 is 1.00 bits per heavy atom. The van der Waals surface area contributed by atoms with E-state index < -0.39 is 0 Å². The lowest BCUT2D eigenvalue weighted by Crippen LogP contribution is -2.09. The van der Waals surface area contributed by atoms with E-state index in [0.29, 0.717) is 17.7 Å². The van der Waals surface area contributed by atoms with E-state index in [0.717, 1.165) is 18.7 Å². The Kier molecular flexibility index (Phi) is 3.13. The highest BCUT2D eigenvalue weighted by atomic mass is 15.0. The summed E-state index contributed by atoms with van der Waals surface area (Å²) in [5.74, 6) is 2.48. The van der Waals surface area contributed by atoms with Gasteiger partial charge >= 0.3 is 0 Å². The quantitative estimate of drug-likeness (QED) is 0.909. The molecule has 2 aromatic rings. The largest absolute Gasteiger partial charge is 0.384 e. The van der Waals surface area contributed by atoms with Gasteiger partial charge in [0.1, 0.15) is 11.6 Å². The first-order chi connectivity index (χ1) is 10.3. The number of fused-ring (bicyclic) bond motifs is 1. The molecule has 1 unspecified atom stereocenters. The summed E-state index contributed by atoms with van der Waals surface area (Å²) in [5, 5.41) is 0. The summed E-state index contributed by atoms with van der Waals surface area (Å²) in [7, 11) is 0. The van der Waals surface area contributed by atoms with Crippen LogP contribution >= 0.6 is 0 Å². The molecule has 1 atom stereocenters. The molecule has 1 fully saturated rings. The molecule has 1 aromatic carbocycles. The monoisotopic (exact) mass is 279 g/mol. The highest BCUT2D eigenvalue weighted by molar-refractivity contribution is 5.41. The number of aryl methyl sites for hydroxylation is 1. The van der Waals surface area contributed by atoms with E-state index in [1.165, 1.54) is 42.5 Å². The molecule has 108 valence electrons. The molecule has 4 rings (SSSR count). The molecular weight excluding hydrogens is 258 g/mol. The van der Waals surface area contributed by atoms with E-state index in [1.54, 1.807) is 0 Å². The maximum atomic E-state index is 6.06. The fraction of sp³-hybridized carbons (Fsp3) is 0.444. The molecule has 0 spiro atoms. The van der Waals surface area contributed by atoms with Crippen molar-refractivity contribution in [2.75, 3.05) is 5.73 Å². The van der Waals surface area contributed by atoms with Crippen molar-refractivity contribution >= 4 is 5.82 Å². The number of anilines is 1. The molecule has 2 N–H and O–H groups in total. The van der Waals surface area contributed by atoms with Crippen LogP contribution < -0.4 is 5.73 Å². The summed E-state index contributed by atoms with van der Waals surface area (Å²) in [6, 6.07) is 10.7. The van der Waals surface area contributed by atoms with Crippen LogP contribution in [0.15, 0.2) is 30.3 Å². The Morgan fingerprint density at radius 2 is 1.81 bits per heavy atom. The van der Waals surface area contributed by atoms with Crippen LogP contribution in [0.3, 0.4) is 0 Å². The Hall–Kier alpha value is -1.90. The normalized spacial score (nSPS) is 21.6. The molecule has 0 saturated heterocycles. The minimum Gasteiger partial charge on any atom is -0.384 e. The van der Waals surface area contributed by atoms with Crippen LogP contribution in [-0.2, 0) is 6.42 Å². The molecule has 21 heavy (non-hydrogen) atoms. The molecule has 0 amide bonds. The molecule has 3 nitrogen and oxygen atoms in total. The van der Waals surface area contributed by atoms with E-state index in [4.69, 9.17) is 10.7 Å². The number of hydrogen-bond acceptors (Lipinski definition) is 3. The first-order valence-electron chi connectivity index (χ1n) is 8.03. The first kappa shape index (κ1) is 12.8. The predicted molar refractivity (Wildman–Crippen MR) is 84.3 cm³/mol. The minimum atomic E-state index is 0.324. The number of rotatable bonds is 2. The minimum absolute atomic E-state index is 0.324. The van der Waals surface area contributed by atoms with Gasteiger partial charge in [-0.25, -0.2) is 9.97 Å². The first-order valence-corrected chi connectivity index (χ1v) is 8.03. The van der Waals surface area contributed by atoms with Crippen LogP contribution in [0.2, 0.25) is 0 Å². The molecule has 3 heteroatoms. The molecule has 0 bridgehead atoms. The second-order valence-electron chi connectivity index (χ2n) is 6.35. The van der Waals surface area contributed by atoms with Gasteiger partial charge < -0.3 is 5.73 Å². The van der Waals surface area contributed by atoms with Gasteiger partial charge in [-0.05, 0) is 36.8 Å². The molecule has 0 aliphatic heterocycles. The average molecular weight is 279 g/mol. The molecular formula is C18H21N3. The van der Waals surface area contributed by atoms with Gasteiger partial charge in [-0.1, -0.05) is 37.1 Å². The number of benzene rings is 1. The number of hydrogen-bond donors (Lipinski definition) is 1. The molecule has 1 aromatic heterocycles. The van der Waals surface area contributed by atoms with Crippen molar-refractivity contribution in [1.29, 1.82) is 0 Å². The molecule has 2 aliphatic carbocycles. The molecule has 2 aliphatic rings. The molecule has 0 radical (unpaired) electrons. The van der Waals surface area contributed by atoms with Crippen molar-refractivity contribution in [3.63, 3.8) is 0 Å².